The summed E-state index contributed by atoms with van der Waals surface area (Å²) < 4.78 is 0. The predicted molar refractivity (Wildman–Crippen MR) is 102 cm³/mol. The first-order valence-electron chi connectivity index (χ1n) is 8.49. The number of carbonyl (C=O) groups is 2. The summed E-state index contributed by atoms with van der Waals surface area (Å²) in [4.78, 5) is 25.4. The van der Waals surface area contributed by atoms with Gasteiger partial charge in [0.25, 0.3) is 5.91 Å². The molecule has 0 aromatic heterocycles. The van der Waals surface area contributed by atoms with Crippen LogP contribution in [0.15, 0.2) is 47.4 Å². The number of anilines is 1. The minimum Gasteiger partial charge on any atom is -0.346 e. The highest BCUT2D eigenvalue weighted by Crippen LogP contribution is 2.36. The maximum atomic E-state index is 12.6. The lowest BCUT2D eigenvalue weighted by atomic mass is 10.0. The Balaban J connectivity index is 1.72. The highest BCUT2D eigenvalue weighted by atomic mass is 32.2. The number of hydrogen-bond acceptors (Lipinski definition) is 3. The lowest BCUT2D eigenvalue weighted by molar-refractivity contribution is -0.115. The van der Waals surface area contributed by atoms with Crippen molar-refractivity contribution in [1.82, 2.24) is 5.32 Å². The standard InChI is InChI=1S/C20H22N2O2S/c1-4-14-5-7-15(8-6-14)12(2)21-20(24)16-9-10-18-17(11-16)22-19(23)13(3)25-18/h5-13H,4H2,1-3H3,(H,21,24)(H,22,23)/t12-,13+/m0/s1. The predicted octanol–water partition coefficient (Wildman–Crippen LogP) is 4.17. The first kappa shape index (κ1) is 17.5. The van der Waals surface area contributed by atoms with Gasteiger partial charge in [0.05, 0.1) is 17.0 Å². The van der Waals surface area contributed by atoms with E-state index in [-0.39, 0.29) is 23.1 Å². The van der Waals surface area contributed by atoms with Gasteiger partial charge in [-0.15, -0.1) is 11.8 Å². The van der Waals surface area contributed by atoms with Gasteiger partial charge in [0.15, 0.2) is 0 Å². The number of thioether (sulfide) groups is 1. The van der Waals surface area contributed by atoms with E-state index in [0.29, 0.717) is 11.3 Å². The van der Waals surface area contributed by atoms with E-state index in [2.05, 4.69) is 41.8 Å². The molecule has 0 spiro atoms. The third kappa shape index (κ3) is 3.87. The summed E-state index contributed by atoms with van der Waals surface area (Å²) in [5, 5.41) is 5.77. The van der Waals surface area contributed by atoms with Crippen molar-refractivity contribution >= 4 is 29.3 Å². The SMILES string of the molecule is CCc1ccc([C@H](C)NC(=O)c2ccc3c(c2)NC(=O)[C@@H](C)S3)cc1. The van der Waals surface area contributed by atoms with E-state index in [0.717, 1.165) is 16.9 Å². The molecular weight excluding hydrogens is 332 g/mol. The van der Waals surface area contributed by atoms with E-state index >= 15 is 0 Å². The number of nitrogens with one attached hydrogen (secondary N) is 2. The summed E-state index contributed by atoms with van der Waals surface area (Å²) in [7, 11) is 0. The second-order valence-corrected chi connectivity index (χ2v) is 7.63. The maximum absolute atomic E-state index is 12.6. The number of benzene rings is 2. The van der Waals surface area contributed by atoms with Gasteiger partial charge in [0, 0.05) is 10.5 Å². The number of aryl methyl sites for hydroxylation is 1. The number of amides is 2. The van der Waals surface area contributed by atoms with Gasteiger partial charge in [-0.3, -0.25) is 9.59 Å². The van der Waals surface area contributed by atoms with E-state index in [1.165, 1.54) is 17.3 Å². The van der Waals surface area contributed by atoms with Crippen LogP contribution in [0, 0.1) is 0 Å². The molecule has 0 aliphatic carbocycles. The molecule has 2 atom stereocenters. The summed E-state index contributed by atoms with van der Waals surface area (Å²) in [5.74, 6) is -0.174. The van der Waals surface area contributed by atoms with Crippen molar-refractivity contribution in [3.05, 3.63) is 59.2 Å². The van der Waals surface area contributed by atoms with Crippen molar-refractivity contribution in [1.29, 1.82) is 0 Å². The van der Waals surface area contributed by atoms with E-state index in [1.807, 2.05) is 19.9 Å². The average Bonchev–Trinajstić information content (AvgIpc) is 2.62. The minimum absolute atomic E-state index is 0.0283. The van der Waals surface area contributed by atoms with Crippen LogP contribution in [-0.2, 0) is 11.2 Å². The lowest BCUT2D eigenvalue weighted by Gasteiger charge is -2.22. The third-order valence-corrected chi connectivity index (χ3v) is 5.59. The second-order valence-electron chi connectivity index (χ2n) is 6.25. The van der Waals surface area contributed by atoms with Crippen LogP contribution in [0.4, 0.5) is 5.69 Å². The van der Waals surface area contributed by atoms with Crippen molar-refractivity contribution < 1.29 is 9.59 Å². The average molecular weight is 354 g/mol. The Labute approximate surface area is 152 Å². The van der Waals surface area contributed by atoms with Crippen LogP contribution >= 0.6 is 11.8 Å². The van der Waals surface area contributed by atoms with Gasteiger partial charge < -0.3 is 10.6 Å². The smallest absolute Gasteiger partial charge is 0.251 e. The Hall–Kier alpha value is -2.27. The van der Waals surface area contributed by atoms with Crippen molar-refractivity contribution in [2.75, 3.05) is 5.32 Å². The maximum Gasteiger partial charge on any atom is 0.251 e. The summed E-state index contributed by atoms with van der Waals surface area (Å²) >= 11 is 1.51. The van der Waals surface area contributed by atoms with Crippen molar-refractivity contribution in [3.63, 3.8) is 0 Å². The van der Waals surface area contributed by atoms with Gasteiger partial charge in [0.2, 0.25) is 5.91 Å². The number of hydrogen-bond donors (Lipinski definition) is 2. The molecule has 0 saturated carbocycles. The van der Waals surface area contributed by atoms with Gasteiger partial charge in [-0.2, -0.15) is 0 Å². The minimum atomic E-state index is -0.146. The molecule has 2 N–H and O–H groups in total. The lowest BCUT2D eigenvalue weighted by Crippen LogP contribution is -2.28. The quantitative estimate of drug-likeness (QED) is 0.866. The van der Waals surface area contributed by atoms with E-state index < -0.39 is 0 Å². The van der Waals surface area contributed by atoms with E-state index in [1.54, 1.807) is 12.1 Å². The van der Waals surface area contributed by atoms with Crippen molar-refractivity contribution in [2.24, 2.45) is 0 Å². The first-order valence-corrected chi connectivity index (χ1v) is 9.37. The molecule has 0 bridgehead atoms. The molecule has 1 aliphatic heterocycles. The highest BCUT2D eigenvalue weighted by Gasteiger charge is 2.24. The zero-order valence-electron chi connectivity index (χ0n) is 14.6. The second kappa shape index (κ2) is 7.31. The van der Waals surface area contributed by atoms with Crippen LogP contribution < -0.4 is 10.6 Å². The normalized spacial score (nSPS) is 17.4. The molecule has 2 aromatic rings. The Bertz CT molecular complexity index is 802. The largest absolute Gasteiger partial charge is 0.346 e. The number of rotatable bonds is 4. The van der Waals surface area contributed by atoms with E-state index in [9.17, 15) is 9.59 Å². The zero-order chi connectivity index (χ0) is 18.0. The van der Waals surface area contributed by atoms with Crippen LogP contribution in [0.1, 0.15) is 48.3 Å². The monoisotopic (exact) mass is 354 g/mol. The Kier molecular flexibility index (Phi) is 5.13. The molecule has 1 heterocycles. The fourth-order valence-electron chi connectivity index (χ4n) is 2.76. The molecule has 2 aromatic carbocycles. The van der Waals surface area contributed by atoms with Crippen LogP contribution in [0.2, 0.25) is 0 Å². The molecule has 25 heavy (non-hydrogen) atoms. The summed E-state index contributed by atoms with van der Waals surface area (Å²) in [6, 6.07) is 13.6. The van der Waals surface area contributed by atoms with Crippen LogP contribution in [0.3, 0.4) is 0 Å². The zero-order valence-corrected chi connectivity index (χ0v) is 15.4. The Morgan fingerprint density at radius 2 is 1.96 bits per heavy atom. The molecule has 0 radical (unpaired) electrons. The Morgan fingerprint density at radius 3 is 2.64 bits per heavy atom. The molecular formula is C20H22N2O2S. The molecule has 2 amide bonds. The molecule has 0 saturated heterocycles. The Morgan fingerprint density at radius 1 is 1.24 bits per heavy atom. The molecule has 5 heteroatoms. The van der Waals surface area contributed by atoms with Crippen molar-refractivity contribution in [2.45, 2.75) is 43.4 Å². The van der Waals surface area contributed by atoms with Crippen LogP contribution in [-0.4, -0.2) is 17.1 Å². The van der Waals surface area contributed by atoms with Gasteiger partial charge in [-0.25, -0.2) is 0 Å². The molecule has 130 valence electrons. The van der Waals surface area contributed by atoms with Crippen LogP contribution in [0.5, 0.6) is 0 Å². The summed E-state index contributed by atoms with van der Waals surface area (Å²) in [5.41, 5.74) is 3.60. The van der Waals surface area contributed by atoms with Gasteiger partial charge in [-0.1, -0.05) is 31.2 Å². The molecule has 4 nitrogen and oxygen atoms in total. The number of fused-ring (bicyclic) bond motifs is 1. The first-order chi connectivity index (χ1) is 12.0. The fraction of sp³-hybridized carbons (Fsp3) is 0.300. The molecule has 1 aliphatic rings. The summed E-state index contributed by atoms with van der Waals surface area (Å²) in [6.07, 6.45) is 0.999. The van der Waals surface area contributed by atoms with Crippen molar-refractivity contribution in [3.8, 4) is 0 Å². The topological polar surface area (TPSA) is 58.2 Å². The molecule has 0 fully saturated rings. The van der Waals surface area contributed by atoms with Crippen LogP contribution in [0.25, 0.3) is 0 Å². The molecule has 3 rings (SSSR count). The van der Waals surface area contributed by atoms with Gasteiger partial charge >= 0.3 is 0 Å². The third-order valence-electron chi connectivity index (χ3n) is 4.41. The molecule has 0 unspecified atom stereocenters. The number of carbonyl (C=O) groups excluding carboxylic acids is 2. The van der Waals surface area contributed by atoms with Gasteiger partial charge in [-0.05, 0) is 49.6 Å². The van der Waals surface area contributed by atoms with E-state index in [4.69, 9.17) is 0 Å². The highest BCUT2D eigenvalue weighted by molar-refractivity contribution is 8.00. The fourth-order valence-corrected chi connectivity index (χ4v) is 3.69. The summed E-state index contributed by atoms with van der Waals surface area (Å²) in [6.45, 7) is 5.96. The van der Waals surface area contributed by atoms with Gasteiger partial charge in [0.1, 0.15) is 0 Å².